The largest absolute Gasteiger partial charge is 0.399 e. The molecule has 1 atom stereocenters. The van der Waals surface area contributed by atoms with Gasteiger partial charge in [0.1, 0.15) is 0 Å². The molecular weight excluding hydrogens is 190 g/mol. The highest BCUT2D eigenvalue weighted by Crippen LogP contribution is 2.20. The Morgan fingerprint density at radius 3 is 2.21 bits per heavy atom. The summed E-state index contributed by atoms with van der Waals surface area (Å²) in [5, 5.41) is 8.99. The van der Waals surface area contributed by atoms with Crippen molar-refractivity contribution in [1.29, 1.82) is 5.26 Å². The van der Waals surface area contributed by atoms with Crippen LogP contribution in [0, 0.1) is 11.3 Å². The molecule has 0 aromatic heterocycles. The van der Waals surface area contributed by atoms with Crippen molar-refractivity contribution in [3.05, 3.63) is 35.9 Å². The lowest BCUT2D eigenvalue weighted by Crippen LogP contribution is -2.27. The lowest BCUT2D eigenvalue weighted by molar-refractivity contribution is 0.255. The van der Waals surface area contributed by atoms with Crippen LogP contribution in [0.5, 0.6) is 0 Å². The zero-order valence-electron chi connectivity index (χ0n) is 8.82. The second kappa shape index (κ2) is 4.40. The number of benzene rings is 1. The van der Waals surface area contributed by atoms with Crippen molar-refractivity contribution in [2.75, 3.05) is 0 Å². The molecule has 0 bridgehead atoms. The summed E-state index contributed by atoms with van der Waals surface area (Å²) in [5.41, 5.74) is 0.942. The van der Waals surface area contributed by atoms with Crippen molar-refractivity contribution >= 4 is 8.32 Å². The molecule has 0 aliphatic carbocycles. The molecular formula is C11H15NOSi. The summed E-state index contributed by atoms with van der Waals surface area (Å²) in [6, 6.07) is 11.8. The molecule has 0 heterocycles. The van der Waals surface area contributed by atoms with E-state index in [4.69, 9.17) is 9.69 Å². The van der Waals surface area contributed by atoms with Gasteiger partial charge in [-0.05, 0) is 25.2 Å². The summed E-state index contributed by atoms with van der Waals surface area (Å²) < 4.78 is 5.75. The molecule has 2 nitrogen and oxygen atoms in total. The normalized spacial score (nSPS) is 13.3. The first kappa shape index (κ1) is 11.0. The van der Waals surface area contributed by atoms with Crippen molar-refractivity contribution < 1.29 is 4.43 Å². The molecule has 14 heavy (non-hydrogen) atoms. The molecule has 0 amide bonds. The fraction of sp³-hybridized carbons (Fsp3) is 0.364. The van der Waals surface area contributed by atoms with E-state index in [0.29, 0.717) is 0 Å². The Morgan fingerprint density at radius 2 is 1.79 bits per heavy atom. The van der Waals surface area contributed by atoms with Gasteiger partial charge in [-0.1, -0.05) is 30.3 Å². The van der Waals surface area contributed by atoms with Crippen LogP contribution in [0.25, 0.3) is 0 Å². The summed E-state index contributed by atoms with van der Waals surface area (Å²) >= 11 is 0. The molecule has 0 saturated heterocycles. The predicted octanol–water partition coefficient (Wildman–Crippen LogP) is 3.10. The number of nitrogens with zero attached hydrogens (tertiary/aromatic N) is 1. The molecule has 0 aliphatic heterocycles. The average Bonchev–Trinajstić information content (AvgIpc) is 2.14. The fourth-order valence-corrected chi connectivity index (χ4v) is 2.05. The van der Waals surface area contributed by atoms with Gasteiger partial charge in [-0.15, -0.1) is 0 Å². The lowest BCUT2D eigenvalue weighted by Gasteiger charge is -2.21. The Balaban J connectivity index is 2.80. The van der Waals surface area contributed by atoms with Crippen LogP contribution in [0.3, 0.4) is 0 Å². The van der Waals surface area contributed by atoms with Crippen molar-refractivity contribution in [2.45, 2.75) is 25.7 Å². The molecule has 3 heteroatoms. The zero-order chi connectivity index (χ0) is 10.6. The van der Waals surface area contributed by atoms with E-state index < -0.39 is 14.4 Å². The summed E-state index contributed by atoms with van der Waals surface area (Å²) in [6.45, 7) is 6.25. The van der Waals surface area contributed by atoms with Gasteiger partial charge in [-0.2, -0.15) is 5.26 Å². The van der Waals surface area contributed by atoms with Crippen LogP contribution in [0.4, 0.5) is 0 Å². The highest BCUT2D eigenvalue weighted by atomic mass is 28.4. The maximum absolute atomic E-state index is 8.99. The monoisotopic (exact) mass is 205 g/mol. The average molecular weight is 205 g/mol. The van der Waals surface area contributed by atoms with Crippen molar-refractivity contribution in [3.8, 4) is 6.07 Å². The minimum absolute atomic E-state index is 0.414. The van der Waals surface area contributed by atoms with Gasteiger partial charge in [0.2, 0.25) is 0 Å². The number of rotatable bonds is 3. The molecule has 74 valence electrons. The van der Waals surface area contributed by atoms with Crippen LogP contribution in [0.15, 0.2) is 30.3 Å². The van der Waals surface area contributed by atoms with Gasteiger partial charge in [0.05, 0.1) is 6.07 Å². The van der Waals surface area contributed by atoms with Gasteiger partial charge in [-0.3, -0.25) is 0 Å². The fourth-order valence-electron chi connectivity index (χ4n) is 1.15. The lowest BCUT2D eigenvalue weighted by atomic mass is 10.1. The van der Waals surface area contributed by atoms with Crippen molar-refractivity contribution in [2.24, 2.45) is 0 Å². The number of hydrogen-bond donors (Lipinski definition) is 0. The van der Waals surface area contributed by atoms with E-state index >= 15 is 0 Å². The van der Waals surface area contributed by atoms with E-state index in [1.54, 1.807) is 0 Å². The molecule has 1 aromatic carbocycles. The Hall–Kier alpha value is -1.11. The van der Waals surface area contributed by atoms with E-state index in [9.17, 15) is 0 Å². The topological polar surface area (TPSA) is 33.0 Å². The third kappa shape index (κ3) is 3.33. The first-order valence-corrected chi connectivity index (χ1v) is 8.06. The van der Waals surface area contributed by atoms with E-state index in [1.165, 1.54) is 0 Å². The molecule has 0 saturated carbocycles. The molecule has 0 radical (unpaired) electrons. The van der Waals surface area contributed by atoms with Crippen molar-refractivity contribution in [1.82, 2.24) is 0 Å². The first-order chi connectivity index (χ1) is 6.53. The quantitative estimate of drug-likeness (QED) is 0.710. The van der Waals surface area contributed by atoms with Crippen LogP contribution in [-0.2, 0) is 4.43 Å². The summed E-state index contributed by atoms with van der Waals surface area (Å²) in [4.78, 5) is 0. The number of nitriles is 1. The standard InChI is InChI=1S/C11H15NOSi/c1-14(2,3)13-11(9-12)10-7-5-4-6-8-10/h4-8,11H,1-3H3/t11-/m0/s1. The molecule has 1 rings (SSSR count). The van der Waals surface area contributed by atoms with Gasteiger partial charge in [0.25, 0.3) is 0 Å². The van der Waals surface area contributed by atoms with Crippen LogP contribution in [0.2, 0.25) is 19.6 Å². The summed E-state index contributed by atoms with van der Waals surface area (Å²) in [6.07, 6.45) is -0.414. The maximum atomic E-state index is 8.99. The predicted molar refractivity (Wildman–Crippen MR) is 59.2 cm³/mol. The van der Waals surface area contributed by atoms with E-state index in [-0.39, 0.29) is 0 Å². The van der Waals surface area contributed by atoms with Gasteiger partial charge < -0.3 is 4.43 Å². The third-order valence-electron chi connectivity index (χ3n) is 1.69. The second-order valence-corrected chi connectivity index (χ2v) is 8.61. The Bertz CT molecular complexity index is 323. The maximum Gasteiger partial charge on any atom is 0.186 e. The van der Waals surface area contributed by atoms with Crippen LogP contribution in [-0.4, -0.2) is 8.32 Å². The minimum Gasteiger partial charge on any atom is -0.399 e. The Morgan fingerprint density at radius 1 is 1.21 bits per heavy atom. The molecule has 1 aromatic rings. The summed E-state index contributed by atoms with van der Waals surface area (Å²) in [7, 11) is -1.65. The highest BCUT2D eigenvalue weighted by Gasteiger charge is 2.21. The second-order valence-electron chi connectivity index (χ2n) is 4.15. The van der Waals surface area contributed by atoms with E-state index in [0.717, 1.165) is 5.56 Å². The highest BCUT2D eigenvalue weighted by molar-refractivity contribution is 6.69. The molecule has 0 fully saturated rings. The van der Waals surface area contributed by atoms with Gasteiger partial charge >= 0.3 is 0 Å². The Labute approximate surface area is 86.3 Å². The SMILES string of the molecule is C[Si](C)(C)O[C@@H](C#N)c1ccccc1. The zero-order valence-corrected chi connectivity index (χ0v) is 9.82. The van der Waals surface area contributed by atoms with Gasteiger partial charge in [0.15, 0.2) is 14.4 Å². The van der Waals surface area contributed by atoms with Crippen LogP contribution >= 0.6 is 0 Å². The molecule has 0 unspecified atom stereocenters. The Kier molecular flexibility index (Phi) is 3.45. The van der Waals surface area contributed by atoms with Gasteiger partial charge in [-0.25, -0.2) is 0 Å². The van der Waals surface area contributed by atoms with Gasteiger partial charge in [0, 0.05) is 0 Å². The molecule has 0 aliphatic rings. The van der Waals surface area contributed by atoms with Crippen LogP contribution < -0.4 is 0 Å². The first-order valence-electron chi connectivity index (χ1n) is 4.65. The minimum atomic E-state index is -1.65. The van der Waals surface area contributed by atoms with E-state index in [1.807, 2.05) is 30.3 Å². The third-order valence-corrected chi connectivity index (χ3v) is 2.63. The van der Waals surface area contributed by atoms with Crippen molar-refractivity contribution in [3.63, 3.8) is 0 Å². The van der Waals surface area contributed by atoms with E-state index in [2.05, 4.69) is 25.7 Å². The van der Waals surface area contributed by atoms with Crippen LogP contribution in [0.1, 0.15) is 11.7 Å². The number of hydrogen-bond acceptors (Lipinski definition) is 2. The molecule has 0 N–H and O–H groups in total. The smallest absolute Gasteiger partial charge is 0.186 e. The molecule has 0 spiro atoms. The summed E-state index contributed by atoms with van der Waals surface area (Å²) in [5.74, 6) is 0.